The van der Waals surface area contributed by atoms with Gasteiger partial charge >= 0.3 is 0 Å². The highest BCUT2D eigenvalue weighted by Crippen LogP contribution is 2.23. The molecule has 1 aromatic carbocycles. The fraction of sp³-hybridized carbons (Fsp3) is 0.417. The first kappa shape index (κ1) is 10.8. The van der Waals surface area contributed by atoms with Crippen LogP contribution in [0.15, 0.2) is 35.3 Å². The molecule has 0 radical (unpaired) electrons. The molecule has 2 nitrogen and oxygen atoms in total. The molecule has 0 bridgehead atoms. The Morgan fingerprint density at radius 2 is 1.71 bits per heavy atom. The van der Waals surface area contributed by atoms with Gasteiger partial charge in [-0.2, -0.15) is 0 Å². The Labute approximate surface area is 86.3 Å². The molecule has 2 heteroatoms. The van der Waals surface area contributed by atoms with Crippen LogP contribution in [-0.4, -0.2) is 25.3 Å². The van der Waals surface area contributed by atoms with Crippen LogP contribution >= 0.6 is 0 Å². The Morgan fingerprint density at radius 3 is 2.21 bits per heavy atom. The lowest BCUT2D eigenvalue weighted by molar-refractivity contribution is 0.539. The van der Waals surface area contributed by atoms with E-state index in [1.54, 1.807) is 0 Å². The van der Waals surface area contributed by atoms with Crippen LogP contribution in [-0.2, 0) is 5.54 Å². The zero-order valence-electron chi connectivity index (χ0n) is 9.36. The summed E-state index contributed by atoms with van der Waals surface area (Å²) in [5.41, 5.74) is 1.09. The molecule has 0 aliphatic carbocycles. The fourth-order valence-electron chi connectivity index (χ4n) is 1.18. The number of hydrogen-bond acceptors (Lipinski definition) is 1. The summed E-state index contributed by atoms with van der Waals surface area (Å²) in [7, 11) is 3.95. The van der Waals surface area contributed by atoms with Crippen LogP contribution in [0, 0.1) is 0 Å². The van der Waals surface area contributed by atoms with Gasteiger partial charge in [0.15, 0.2) is 0 Å². The number of rotatable bonds is 3. The van der Waals surface area contributed by atoms with Crippen molar-refractivity contribution in [2.45, 2.75) is 19.4 Å². The number of benzene rings is 1. The van der Waals surface area contributed by atoms with Crippen LogP contribution in [0.1, 0.15) is 19.4 Å². The van der Waals surface area contributed by atoms with E-state index in [1.807, 2.05) is 43.5 Å². The van der Waals surface area contributed by atoms with Gasteiger partial charge in [-0.3, -0.25) is 4.99 Å². The van der Waals surface area contributed by atoms with Gasteiger partial charge in [0.05, 0.1) is 11.9 Å². The van der Waals surface area contributed by atoms with Crippen molar-refractivity contribution in [3.63, 3.8) is 0 Å². The first-order chi connectivity index (χ1) is 6.52. The normalized spacial score (nSPS) is 12.0. The van der Waals surface area contributed by atoms with E-state index in [2.05, 4.69) is 31.0 Å². The molecule has 0 aromatic heterocycles. The van der Waals surface area contributed by atoms with Crippen molar-refractivity contribution in [1.29, 1.82) is 0 Å². The van der Waals surface area contributed by atoms with Gasteiger partial charge < -0.3 is 4.90 Å². The first-order valence-electron chi connectivity index (χ1n) is 4.80. The molecular weight excluding hydrogens is 172 g/mol. The molecule has 0 saturated carbocycles. The second kappa shape index (κ2) is 4.27. The third-order valence-corrected chi connectivity index (χ3v) is 2.09. The molecule has 0 aliphatic heterocycles. The molecule has 0 aliphatic rings. The number of nitrogens with zero attached hydrogens (tertiary/aromatic N) is 2. The van der Waals surface area contributed by atoms with Gasteiger partial charge in [0, 0.05) is 14.1 Å². The van der Waals surface area contributed by atoms with E-state index in [0.717, 1.165) is 0 Å². The Balaban J connectivity index is 2.86. The summed E-state index contributed by atoms with van der Waals surface area (Å²) < 4.78 is 0. The third kappa shape index (κ3) is 2.87. The molecule has 0 heterocycles. The zero-order chi connectivity index (χ0) is 10.6. The molecule has 14 heavy (non-hydrogen) atoms. The topological polar surface area (TPSA) is 15.6 Å². The van der Waals surface area contributed by atoms with Crippen LogP contribution in [0.4, 0.5) is 0 Å². The highest BCUT2D eigenvalue weighted by molar-refractivity contribution is 5.55. The van der Waals surface area contributed by atoms with Gasteiger partial charge in [-0.25, -0.2) is 0 Å². The van der Waals surface area contributed by atoms with E-state index in [0.29, 0.717) is 0 Å². The van der Waals surface area contributed by atoms with Crippen molar-refractivity contribution in [2.75, 3.05) is 14.1 Å². The quantitative estimate of drug-likeness (QED) is 0.528. The number of hydrogen-bond donors (Lipinski definition) is 0. The first-order valence-corrected chi connectivity index (χ1v) is 4.80. The van der Waals surface area contributed by atoms with Crippen LogP contribution in [0.2, 0.25) is 0 Å². The maximum Gasteiger partial charge on any atom is 0.0855 e. The van der Waals surface area contributed by atoms with Gasteiger partial charge in [-0.15, -0.1) is 0 Å². The van der Waals surface area contributed by atoms with Crippen molar-refractivity contribution in [3.05, 3.63) is 35.9 Å². The van der Waals surface area contributed by atoms with Crippen LogP contribution in [0.3, 0.4) is 0 Å². The fourth-order valence-corrected chi connectivity index (χ4v) is 1.18. The summed E-state index contributed by atoms with van der Waals surface area (Å²) in [4.78, 5) is 6.48. The maximum atomic E-state index is 4.53. The molecule has 0 N–H and O–H groups in total. The molecule has 0 saturated heterocycles. The minimum absolute atomic E-state index is 0.147. The van der Waals surface area contributed by atoms with Gasteiger partial charge in [0.2, 0.25) is 0 Å². The van der Waals surface area contributed by atoms with E-state index in [9.17, 15) is 0 Å². The lowest BCUT2D eigenvalue weighted by Gasteiger charge is -2.20. The summed E-state index contributed by atoms with van der Waals surface area (Å²) in [6, 6.07) is 10.3. The summed E-state index contributed by atoms with van der Waals surface area (Å²) >= 11 is 0. The van der Waals surface area contributed by atoms with Crippen molar-refractivity contribution < 1.29 is 0 Å². The Kier molecular flexibility index (Phi) is 3.28. The Morgan fingerprint density at radius 1 is 1.14 bits per heavy atom. The minimum atomic E-state index is -0.147. The molecule has 0 atom stereocenters. The van der Waals surface area contributed by atoms with Crippen molar-refractivity contribution in [3.8, 4) is 0 Å². The molecule has 1 aromatic rings. The van der Waals surface area contributed by atoms with Crippen molar-refractivity contribution in [1.82, 2.24) is 4.90 Å². The van der Waals surface area contributed by atoms with Gasteiger partial charge in [-0.05, 0) is 19.4 Å². The SMILES string of the molecule is CN(C)C=NC(C)(C)c1ccccc1. The van der Waals surface area contributed by atoms with Gasteiger partial charge in [-0.1, -0.05) is 30.3 Å². The summed E-state index contributed by atoms with van der Waals surface area (Å²) in [6.45, 7) is 4.23. The van der Waals surface area contributed by atoms with Crippen molar-refractivity contribution in [2.24, 2.45) is 4.99 Å². The lowest BCUT2D eigenvalue weighted by Crippen LogP contribution is -2.17. The van der Waals surface area contributed by atoms with Gasteiger partial charge in [0.25, 0.3) is 0 Å². The lowest BCUT2D eigenvalue weighted by atomic mass is 9.95. The van der Waals surface area contributed by atoms with E-state index in [1.165, 1.54) is 5.56 Å². The minimum Gasteiger partial charge on any atom is -0.369 e. The molecule has 76 valence electrons. The summed E-state index contributed by atoms with van der Waals surface area (Å²) in [5.74, 6) is 0. The van der Waals surface area contributed by atoms with E-state index in [4.69, 9.17) is 0 Å². The summed E-state index contributed by atoms with van der Waals surface area (Å²) in [6.07, 6.45) is 1.85. The highest BCUT2D eigenvalue weighted by Gasteiger charge is 2.17. The van der Waals surface area contributed by atoms with E-state index >= 15 is 0 Å². The average molecular weight is 190 g/mol. The summed E-state index contributed by atoms with van der Waals surface area (Å²) in [5, 5.41) is 0. The second-order valence-corrected chi connectivity index (χ2v) is 4.13. The van der Waals surface area contributed by atoms with E-state index in [-0.39, 0.29) is 5.54 Å². The zero-order valence-corrected chi connectivity index (χ0v) is 9.36. The second-order valence-electron chi connectivity index (χ2n) is 4.13. The molecule has 1 rings (SSSR count). The molecule has 0 fully saturated rings. The predicted octanol–water partition coefficient (Wildman–Crippen LogP) is 2.51. The monoisotopic (exact) mass is 190 g/mol. The highest BCUT2D eigenvalue weighted by atomic mass is 15.1. The maximum absolute atomic E-state index is 4.53. The Bertz CT molecular complexity index is 299. The molecular formula is C12H18N2. The smallest absolute Gasteiger partial charge is 0.0855 e. The standard InChI is InChI=1S/C12H18N2/c1-12(2,13-10-14(3)4)11-8-6-5-7-9-11/h5-10H,1-4H3. The third-order valence-electron chi connectivity index (χ3n) is 2.09. The molecule has 0 spiro atoms. The van der Waals surface area contributed by atoms with Crippen LogP contribution < -0.4 is 0 Å². The Hall–Kier alpha value is -1.31. The van der Waals surface area contributed by atoms with E-state index < -0.39 is 0 Å². The largest absolute Gasteiger partial charge is 0.369 e. The predicted molar refractivity (Wildman–Crippen MR) is 61.6 cm³/mol. The van der Waals surface area contributed by atoms with Crippen molar-refractivity contribution >= 4 is 6.34 Å². The number of aliphatic imine (C=N–C) groups is 1. The van der Waals surface area contributed by atoms with Crippen LogP contribution in [0.5, 0.6) is 0 Å². The molecule has 0 unspecified atom stereocenters. The van der Waals surface area contributed by atoms with Crippen LogP contribution in [0.25, 0.3) is 0 Å². The molecule has 0 amide bonds. The van der Waals surface area contributed by atoms with Gasteiger partial charge in [0.1, 0.15) is 0 Å². The average Bonchev–Trinajstić information content (AvgIpc) is 2.16.